The first-order valence-corrected chi connectivity index (χ1v) is 26.1. The molecule has 0 saturated carbocycles. The third-order valence-corrected chi connectivity index (χ3v) is 13.9. The van der Waals surface area contributed by atoms with Gasteiger partial charge in [0.15, 0.2) is 6.20 Å². The van der Waals surface area contributed by atoms with Crippen LogP contribution < -0.4 is 15.4 Å². The number of rotatable bonds is 16. The summed E-state index contributed by atoms with van der Waals surface area (Å²) >= 11 is 12.2. The fraction of sp³-hybridized carbons (Fsp3) is 0.129. The molecule has 4 heterocycles. The Labute approximate surface area is 487 Å². The quantitative estimate of drug-likeness (QED) is 0.0415. The van der Waals surface area contributed by atoms with E-state index in [2.05, 4.69) is 45.0 Å². The Morgan fingerprint density at radius 2 is 0.976 bits per heavy atom. The minimum absolute atomic E-state index is 0. The number of alkyl halides is 4. The number of anilines is 2. The van der Waals surface area contributed by atoms with Crippen molar-refractivity contribution in [2.45, 2.75) is 37.5 Å². The third kappa shape index (κ3) is 14.9. The number of aromatic nitrogens is 6. The van der Waals surface area contributed by atoms with E-state index in [1.807, 2.05) is 12.1 Å². The van der Waals surface area contributed by atoms with Gasteiger partial charge in [-0.2, -0.15) is 4.73 Å². The van der Waals surface area contributed by atoms with E-state index in [9.17, 15) is 41.1 Å². The van der Waals surface area contributed by atoms with Crippen molar-refractivity contribution >= 4 is 46.8 Å². The third-order valence-electron chi connectivity index (χ3n) is 13.4. The largest absolute Gasteiger partial charge is 0.618 e. The molecule has 0 aliphatic heterocycles. The Hall–Kier alpha value is -9.50. The van der Waals surface area contributed by atoms with Gasteiger partial charge in [-0.05, 0) is 131 Å². The van der Waals surface area contributed by atoms with Crippen molar-refractivity contribution in [3.05, 3.63) is 255 Å². The van der Waals surface area contributed by atoms with Gasteiger partial charge in [-0.25, -0.2) is 45.9 Å². The van der Waals surface area contributed by atoms with E-state index in [1.54, 1.807) is 104 Å². The molecule has 0 radical (unpaired) electrons. The van der Waals surface area contributed by atoms with Gasteiger partial charge < -0.3 is 30.1 Å². The Kier molecular flexibility index (Phi) is 19.8. The van der Waals surface area contributed by atoms with Crippen LogP contribution in [0.25, 0.3) is 44.8 Å². The average Bonchev–Trinajstić information content (AvgIpc) is 4.11. The highest BCUT2D eigenvalue weighted by atomic mass is 35.5. The second-order valence-corrected chi connectivity index (χ2v) is 19.6. The lowest BCUT2D eigenvalue weighted by molar-refractivity contribution is -0.614. The van der Waals surface area contributed by atoms with Gasteiger partial charge in [-0.1, -0.05) is 89.9 Å². The first kappa shape index (κ1) is 60.6. The van der Waals surface area contributed by atoms with E-state index in [4.69, 9.17) is 23.2 Å². The summed E-state index contributed by atoms with van der Waals surface area (Å²) in [4.78, 5) is 43.4. The molecule has 0 saturated heterocycles. The molecule has 2 unspecified atom stereocenters. The predicted molar refractivity (Wildman–Crippen MR) is 308 cm³/mol. The van der Waals surface area contributed by atoms with Crippen LogP contribution in [0.1, 0.15) is 70.0 Å². The van der Waals surface area contributed by atoms with Crippen molar-refractivity contribution < 1.29 is 55.6 Å². The van der Waals surface area contributed by atoms with Crippen LogP contribution in [0, 0.1) is 16.8 Å². The normalized spacial score (nSPS) is 11.7. The van der Waals surface area contributed by atoms with Gasteiger partial charge in [-0.3, -0.25) is 15.6 Å². The number of carbonyl (C=O) groups is 2. The van der Waals surface area contributed by atoms with Crippen LogP contribution in [0.4, 0.5) is 47.3 Å². The van der Waals surface area contributed by atoms with Gasteiger partial charge >= 0.3 is 12.2 Å². The van der Waals surface area contributed by atoms with E-state index in [1.165, 1.54) is 81.1 Å². The number of H-pyrrole nitrogens is 2. The predicted octanol–water partition coefficient (Wildman–Crippen LogP) is 15.3. The molecule has 0 aliphatic rings. The number of benzene rings is 6. The van der Waals surface area contributed by atoms with Crippen LogP contribution in [-0.4, -0.2) is 56.8 Å². The molecule has 2 atom stereocenters. The molecule has 6 aromatic carbocycles. The number of amides is 2. The molecule has 10 aromatic rings. The molecule has 0 fully saturated rings. The first-order chi connectivity index (χ1) is 40.0. The fourth-order valence-electron chi connectivity index (χ4n) is 9.15. The van der Waals surface area contributed by atoms with Gasteiger partial charge in [-0.15, -0.1) is 0 Å². The molecule has 2 amide bonds. The number of methoxy groups -OCH3 is 2. The number of hydrogen-bond acceptors (Lipinski definition) is 8. The summed E-state index contributed by atoms with van der Waals surface area (Å²) in [6, 6.07) is 41.2. The van der Waals surface area contributed by atoms with Gasteiger partial charge in [0.25, 0.3) is 12.9 Å². The zero-order chi connectivity index (χ0) is 58.7. The smallest absolute Gasteiger partial charge is 0.411 e. The van der Waals surface area contributed by atoms with Crippen molar-refractivity contribution in [3.63, 3.8) is 0 Å². The summed E-state index contributed by atoms with van der Waals surface area (Å²) in [6.07, 6.45) is 0.290. The molecule has 0 aliphatic carbocycles. The van der Waals surface area contributed by atoms with Crippen LogP contribution in [0.2, 0.25) is 10.0 Å². The second-order valence-electron chi connectivity index (χ2n) is 18.7. The number of pyridine rings is 2. The standard InChI is InChI=1S/C31H24ClF3N4O3.C31H24ClF3N4O2.H2O/c1-42-31(40)37-23-10-4-19(5-11-23)27-16-36-30(38-27)26(14-18-2-8-22(33)9-3-18)28-13-6-20(17-39(28)41)25-15-21(32)7-12-24(25)29(34)35;1-41-31(40)38-23-10-4-19(5-11-23)28-17-37-30(39-28)26(14-18-2-8-22(33)9-3-18)27-13-6-20(16-36-27)25-15-21(32)7-12-24(25)29(34)35;/h2-13,15-17,26,29H,14H2,1H3,(H,36,38)(H,37,40);2-13,15-17,26,29H,14H2,1H3,(H,37,39)(H,38,40);1H2. The van der Waals surface area contributed by atoms with Crippen molar-refractivity contribution in [1.82, 2.24) is 24.9 Å². The molecule has 14 nitrogen and oxygen atoms in total. The maximum absolute atomic E-state index is 13.7. The lowest BCUT2D eigenvalue weighted by Gasteiger charge is -2.16. The highest BCUT2D eigenvalue weighted by molar-refractivity contribution is 6.31. The highest BCUT2D eigenvalue weighted by Gasteiger charge is 2.28. The van der Waals surface area contributed by atoms with E-state index < -0.39 is 31.0 Å². The van der Waals surface area contributed by atoms with E-state index in [0.717, 1.165) is 27.9 Å². The number of imidazole rings is 2. The van der Waals surface area contributed by atoms with Gasteiger partial charge in [0.05, 0.1) is 49.6 Å². The molecule has 0 bridgehead atoms. The summed E-state index contributed by atoms with van der Waals surface area (Å²) in [5.74, 6) is -0.575. The molecule has 4 aromatic heterocycles. The molecule has 430 valence electrons. The van der Waals surface area contributed by atoms with Gasteiger partial charge in [0, 0.05) is 55.9 Å². The highest BCUT2D eigenvalue weighted by Crippen LogP contribution is 2.37. The summed E-state index contributed by atoms with van der Waals surface area (Å²) in [7, 11) is 2.56. The second kappa shape index (κ2) is 27.5. The monoisotopic (exact) mass is 1190 g/mol. The van der Waals surface area contributed by atoms with E-state index in [0.29, 0.717) is 73.8 Å². The van der Waals surface area contributed by atoms with Crippen molar-refractivity contribution in [1.29, 1.82) is 0 Å². The molecular weight excluding hydrogens is 1140 g/mol. The van der Waals surface area contributed by atoms with Crippen LogP contribution >= 0.6 is 23.2 Å². The van der Waals surface area contributed by atoms with Crippen molar-refractivity contribution in [2.24, 2.45) is 0 Å². The molecule has 6 N–H and O–H groups in total. The number of aromatic amines is 2. The summed E-state index contributed by atoms with van der Waals surface area (Å²) in [5, 5.41) is 19.2. The maximum atomic E-state index is 13.7. The number of nitrogens with zero attached hydrogens (tertiary/aromatic N) is 4. The zero-order valence-electron chi connectivity index (χ0n) is 44.4. The average molecular weight is 1190 g/mol. The first-order valence-electron chi connectivity index (χ1n) is 25.4. The lowest BCUT2D eigenvalue weighted by atomic mass is 9.93. The maximum Gasteiger partial charge on any atom is 0.411 e. The summed E-state index contributed by atoms with van der Waals surface area (Å²) < 4.78 is 91.7. The van der Waals surface area contributed by atoms with Crippen LogP contribution in [0.3, 0.4) is 0 Å². The number of nitrogens with one attached hydrogen (secondary N) is 4. The molecule has 0 spiro atoms. The Bertz CT molecular complexity index is 3860. The minimum Gasteiger partial charge on any atom is -0.618 e. The molecular formula is C62H50Cl2F6N8O6. The zero-order valence-corrected chi connectivity index (χ0v) is 45.9. The summed E-state index contributed by atoms with van der Waals surface area (Å²) in [6.45, 7) is 0. The molecule has 22 heteroatoms. The number of carbonyl (C=O) groups excluding carboxylic acids is 2. The van der Waals surface area contributed by atoms with Crippen LogP contribution in [0.5, 0.6) is 0 Å². The molecule has 84 heavy (non-hydrogen) atoms. The van der Waals surface area contributed by atoms with Crippen LogP contribution in [0.15, 0.2) is 183 Å². The van der Waals surface area contributed by atoms with E-state index in [-0.39, 0.29) is 50.3 Å². The Balaban J connectivity index is 0.000000217. The number of hydrogen-bond donors (Lipinski definition) is 4. The van der Waals surface area contributed by atoms with Crippen molar-refractivity contribution in [3.8, 4) is 44.8 Å². The topological polar surface area (TPSA) is 205 Å². The van der Waals surface area contributed by atoms with E-state index >= 15 is 0 Å². The molecule has 10 rings (SSSR count). The number of ether oxygens (including phenoxy) is 2. The summed E-state index contributed by atoms with van der Waals surface area (Å²) in [5.41, 5.74) is 7.62. The van der Waals surface area contributed by atoms with Gasteiger partial charge in [0.2, 0.25) is 5.69 Å². The Morgan fingerprint density at radius 1 is 0.548 bits per heavy atom. The van der Waals surface area contributed by atoms with Crippen LogP contribution in [-0.2, 0) is 22.3 Å². The minimum atomic E-state index is -2.75. The SMILES string of the molecule is COC(=O)Nc1ccc(-c2cnc(C(Cc3ccc(F)cc3)c3ccc(-c4cc(Cl)ccc4C(F)F)c[n+]3[O-])[nH]2)cc1.COC(=O)Nc1ccc(-c2cnc(C(Cc3ccc(F)cc3)c3ccc(-c4cc(Cl)ccc4C(F)F)cn3)[nH]2)cc1.O. The Morgan fingerprint density at radius 3 is 1.40 bits per heavy atom. The van der Waals surface area contributed by atoms with Crippen molar-refractivity contribution in [2.75, 3.05) is 24.9 Å². The number of halogens is 8. The lowest BCUT2D eigenvalue weighted by Crippen LogP contribution is -2.34. The van der Waals surface area contributed by atoms with Gasteiger partial charge in [0.1, 0.15) is 29.2 Å². The fourth-order valence-corrected chi connectivity index (χ4v) is 9.49.